The quantitative estimate of drug-likeness (QED) is 0.827. The molecule has 19 heavy (non-hydrogen) atoms. The minimum atomic E-state index is -0.756. The molecule has 0 aromatic heterocycles. The van der Waals surface area contributed by atoms with Gasteiger partial charge in [0.05, 0.1) is 5.92 Å². The van der Waals surface area contributed by atoms with E-state index in [1.54, 1.807) is 11.9 Å². The van der Waals surface area contributed by atoms with Crippen LogP contribution < -0.4 is 5.32 Å². The smallest absolute Gasteiger partial charge is 0.317 e. The predicted molar refractivity (Wildman–Crippen MR) is 74.0 cm³/mol. The number of rotatable bonds is 3. The number of nitrogens with one attached hydrogen (secondary N) is 1. The first-order chi connectivity index (χ1) is 8.62. The predicted octanol–water partition coefficient (Wildman–Crippen LogP) is 2.32. The van der Waals surface area contributed by atoms with E-state index in [2.05, 4.69) is 26.1 Å². The average molecular weight is 270 g/mol. The highest BCUT2D eigenvalue weighted by Gasteiger charge is 2.33. The van der Waals surface area contributed by atoms with Crippen LogP contribution in [0.3, 0.4) is 0 Å². The minimum absolute atomic E-state index is 0.0109. The third kappa shape index (κ3) is 4.11. The first-order valence-electron chi connectivity index (χ1n) is 6.89. The molecule has 2 amide bonds. The fraction of sp³-hybridized carbons (Fsp3) is 0.857. The van der Waals surface area contributed by atoms with E-state index >= 15 is 0 Å². The van der Waals surface area contributed by atoms with Crippen molar-refractivity contribution in [2.45, 2.75) is 59.0 Å². The summed E-state index contributed by atoms with van der Waals surface area (Å²) in [5.74, 6) is -1.07. The number of carboxylic acid groups (broad SMARTS) is 1. The van der Waals surface area contributed by atoms with Crippen LogP contribution in [0.25, 0.3) is 0 Å². The van der Waals surface area contributed by atoms with Crippen LogP contribution in [0.15, 0.2) is 0 Å². The Bertz CT molecular complexity index is 349. The van der Waals surface area contributed by atoms with E-state index in [-0.39, 0.29) is 29.4 Å². The maximum atomic E-state index is 12.1. The molecule has 0 aromatic carbocycles. The minimum Gasteiger partial charge on any atom is -0.481 e. The van der Waals surface area contributed by atoms with Gasteiger partial charge < -0.3 is 15.3 Å². The average Bonchev–Trinajstić information content (AvgIpc) is 2.74. The van der Waals surface area contributed by atoms with Crippen LogP contribution in [0.1, 0.15) is 47.0 Å². The lowest BCUT2D eigenvalue weighted by molar-refractivity contribution is -0.141. The van der Waals surface area contributed by atoms with Crippen LogP contribution in [0.5, 0.6) is 0 Å². The second-order valence-corrected chi connectivity index (χ2v) is 6.65. The zero-order chi connectivity index (χ0) is 14.8. The zero-order valence-electron chi connectivity index (χ0n) is 12.6. The Morgan fingerprint density at radius 2 is 1.89 bits per heavy atom. The Morgan fingerprint density at radius 1 is 1.32 bits per heavy atom. The fourth-order valence-electron chi connectivity index (χ4n) is 2.37. The summed E-state index contributed by atoms with van der Waals surface area (Å²) < 4.78 is 0. The lowest BCUT2D eigenvalue weighted by atomic mass is 9.87. The molecular weight excluding hydrogens is 244 g/mol. The summed E-state index contributed by atoms with van der Waals surface area (Å²) in [5, 5.41) is 11.9. The van der Waals surface area contributed by atoms with Crippen molar-refractivity contribution in [1.29, 1.82) is 0 Å². The van der Waals surface area contributed by atoms with E-state index in [0.29, 0.717) is 12.8 Å². The number of nitrogens with zero attached hydrogens (tertiary/aromatic N) is 1. The van der Waals surface area contributed by atoms with E-state index in [4.69, 9.17) is 5.11 Å². The molecule has 5 nitrogen and oxygen atoms in total. The largest absolute Gasteiger partial charge is 0.481 e. The van der Waals surface area contributed by atoms with E-state index in [1.165, 1.54) is 0 Å². The van der Waals surface area contributed by atoms with Crippen LogP contribution in [0.2, 0.25) is 0 Å². The maximum Gasteiger partial charge on any atom is 0.317 e. The molecule has 0 aliphatic heterocycles. The van der Waals surface area contributed by atoms with Crippen molar-refractivity contribution in [3.8, 4) is 0 Å². The molecule has 0 heterocycles. The second kappa shape index (κ2) is 5.80. The zero-order valence-corrected chi connectivity index (χ0v) is 12.6. The summed E-state index contributed by atoms with van der Waals surface area (Å²) >= 11 is 0. The fourth-order valence-corrected chi connectivity index (χ4v) is 2.37. The van der Waals surface area contributed by atoms with Crippen LogP contribution in [-0.2, 0) is 4.79 Å². The topological polar surface area (TPSA) is 69.6 Å². The molecule has 3 atom stereocenters. The molecule has 5 heteroatoms. The number of urea groups is 1. The maximum absolute atomic E-state index is 12.1. The van der Waals surface area contributed by atoms with Gasteiger partial charge in [0.2, 0.25) is 0 Å². The molecule has 110 valence electrons. The summed E-state index contributed by atoms with van der Waals surface area (Å²) in [4.78, 5) is 24.7. The molecular formula is C14H26N2O3. The van der Waals surface area contributed by atoms with E-state index < -0.39 is 5.97 Å². The first kappa shape index (κ1) is 15.8. The Morgan fingerprint density at radius 3 is 2.32 bits per heavy atom. The number of carbonyl (C=O) groups is 2. The second-order valence-electron chi connectivity index (χ2n) is 6.65. The van der Waals surface area contributed by atoms with Crippen molar-refractivity contribution in [1.82, 2.24) is 10.2 Å². The van der Waals surface area contributed by atoms with Gasteiger partial charge in [0.1, 0.15) is 0 Å². The molecule has 1 saturated carbocycles. The summed E-state index contributed by atoms with van der Waals surface area (Å²) in [6.07, 6.45) is 1.94. The molecule has 0 bridgehead atoms. The van der Waals surface area contributed by atoms with Gasteiger partial charge in [-0.3, -0.25) is 4.79 Å². The van der Waals surface area contributed by atoms with Crippen molar-refractivity contribution >= 4 is 12.0 Å². The number of hydrogen-bond donors (Lipinski definition) is 2. The summed E-state index contributed by atoms with van der Waals surface area (Å²) in [6.45, 7) is 8.31. The van der Waals surface area contributed by atoms with Crippen LogP contribution >= 0.6 is 0 Å². The Hall–Kier alpha value is -1.26. The standard InChI is InChI=1S/C14H26N2O3/c1-9(14(2,3)4)16(5)13(19)15-11-7-6-10(8-11)12(17)18/h9-11H,6-8H2,1-5H3,(H,15,19)(H,17,18). The van der Waals surface area contributed by atoms with Gasteiger partial charge in [-0.2, -0.15) is 0 Å². The molecule has 0 radical (unpaired) electrons. The summed E-state index contributed by atoms with van der Waals surface area (Å²) in [7, 11) is 1.79. The molecule has 2 N–H and O–H groups in total. The molecule has 1 rings (SSSR count). The van der Waals surface area contributed by atoms with Gasteiger partial charge in [0.15, 0.2) is 0 Å². The molecule has 0 spiro atoms. The Labute approximate surface area is 115 Å². The molecule has 0 aromatic rings. The van der Waals surface area contributed by atoms with Gasteiger partial charge in [-0.15, -0.1) is 0 Å². The van der Waals surface area contributed by atoms with E-state index in [0.717, 1.165) is 6.42 Å². The van der Waals surface area contributed by atoms with Crippen molar-refractivity contribution in [3.63, 3.8) is 0 Å². The number of carboxylic acids is 1. The van der Waals surface area contributed by atoms with Gasteiger partial charge in [-0.05, 0) is 31.6 Å². The molecule has 1 aliphatic carbocycles. The van der Waals surface area contributed by atoms with Gasteiger partial charge in [0, 0.05) is 19.1 Å². The molecule has 1 fully saturated rings. The third-order valence-electron chi connectivity index (χ3n) is 4.26. The van der Waals surface area contributed by atoms with Crippen LogP contribution in [-0.4, -0.2) is 41.1 Å². The first-order valence-corrected chi connectivity index (χ1v) is 6.89. The highest BCUT2D eigenvalue weighted by Crippen LogP contribution is 2.27. The van der Waals surface area contributed by atoms with Gasteiger partial charge in [-0.1, -0.05) is 20.8 Å². The van der Waals surface area contributed by atoms with Crippen molar-refractivity contribution in [3.05, 3.63) is 0 Å². The lowest BCUT2D eigenvalue weighted by Crippen LogP contribution is -2.49. The Kier molecular flexibility index (Phi) is 4.82. The highest BCUT2D eigenvalue weighted by molar-refractivity contribution is 5.75. The molecule has 0 saturated heterocycles. The van der Waals surface area contributed by atoms with Gasteiger partial charge >= 0.3 is 12.0 Å². The lowest BCUT2D eigenvalue weighted by Gasteiger charge is -2.35. The van der Waals surface area contributed by atoms with E-state index in [1.807, 2.05) is 6.92 Å². The molecule has 3 unspecified atom stereocenters. The normalized spacial score (nSPS) is 24.9. The SMILES string of the molecule is CC(N(C)C(=O)NC1CCC(C(=O)O)C1)C(C)(C)C. The third-order valence-corrected chi connectivity index (χ3v) is 4.26. The van der Waals surface area contributed by atoms with Crippen LogP contribution in [0, 0.1) is 11.3 Å². The Balaban J connectivity index is 2.50. The number of hydrogen-bond acceptors (Lipinski definition) is 2. The van der Waals surface area contributed by atoms with Crippen molar-refractivity contribution in [2.24, 2.45) is 11.3 Å². The van der Waals surface area contributed by atoms with Crippen molar-refractivity contribution < 1.29 is 14.7 Å². The summed E-state index contributed by atoms with van der Waals surface area (Å²) in [5.41, 5.74) is 0.0192. The van der Waals surface area contributed by atoms with E-state index in [9.17, 15) is 9.59 Å². The molecule has 1 aliphatic rings. The number of amides is 2. The monoisotopic (exact) mass is 270 g/mol. The van der Waals surface area contributed by atoms with Crippen molar-refractivity contribution in [2.75, 3.05) is 7.05 Å². The van der Waals surface area contributed by atoms with Crippen LogP contribution in [0.4, 0.5) is 4.79 Å². The summed E-state index contributed by atoms with van der Waals surface area (Å²) in [6, 6.07) is -0.00847. The van der Waals surface area contributed by atoms with Gasteiger partial charge in [0.25, 0.3) is 0 Å². The van der Waals surface area contributed by atoms with Gasteiger partial charge in [-0.25, -0.2) is 4.79 Å². The number of aliphatic carboxylic acids is 1. The highest BCUT2D eigenvalue weighted by atomic mass is 16.4. The number of carbonyl (C=O) groups excluding carboxylic acids is 1.